The van der Waals surface area contributed by atoms with Gasteiger partial charge in [0.15, 0.2) is 0 Å². The lowest BCUT2D eigenvalue weighted by Gasteiger charge is -2.10. The number of nitro groups is 2. The molecule has 0 atom stereocenters. The zero-order valence-corrected chi connectivity index (χ0v) is 22.9. The summed E-state index contributed by atoms with van der Waals surface area (Å²) in [4.78, 5) is 34.2. The van der Waals surface area contributed by atoms with Crippen LogP contribution in [0, 0.1) is 20.2 Å². The Bertz CT molecular complexity index is 1820. The van der Waals surface area contributed by atoms with E-state index >= 15 is 0 Å². The van der Waals surface area contributed by atoms with Gasteiger partial charge in [0, 0.05) is 17.4 Å². The molecule has 1 aromatic heterocycles. The predicted molar refractivity (Wildman–Crippen MR) is 163 cm³/mol. The van der Waals surface area contributed by atoms with Crippen molar-refractivity contribution in [3.05, 3.63) is 123 Å². The highest BCUT2D eigenvalue weighted by molar-refractivity contribution is 5.80. The van der Waals surface area contributed by atoms with Crippen LogP contribution in [0.3, 0.4) is 0 Å². The highest BCUT2D eigenvalue weighted by atomic mass is 16.6. The second kappa shape index (κ2) is 13.3. The van der Waals surface area contributed by atoms with Gasteiger partial charge in [-0.05, 0) is 60.2 Å². The molecule has 220 valence electrons. The molecule has 15 nitrogen and oxygen atoms in total. The van der Waals surface area contributed by atoms with Crippen LogP contribution in [-0.4, -0.2) is 38.1 Å². The minimum Gasteiger partial charge on any atom is -0.497 e. The number of ether oxygens (including phenoxy) is 2. The number of hydrogen-bond donors (Lipinski definition) is 3. The maximum absolute atomic E-state index is 11.5. The molecule has 3 N–H and O–H groups in total. The molecule has 1 heterocycles. The van der Waals surface area contributed by atoms with Gasteiger partial charge >= 0.3 is 5.69 Å². The van der Waals surface area contributed by atoms with E-state index in [9.17, 15) is 20.2 Å². The Hall–Kier alpha value is -6.64. The van der Waals surface area contributed by atoms with E-state index in [4.69, 9.17) is 9.47 Å². The highest BCUT2D eigenvalue weighted by Crippen LogP contribution is 2.34. The third-order valence-electron chi connectivity index (χ3n) is 5.83. The van der Waals surface area contributed by atoms with E-state index in [2.05, 4.69) is 36.1 Å². The van der Waals surface area contributed by atoms with Crippen molar-refractivity contribution in [3.63, 3.8) is 0 Å². The summed E-state index contributed by atoms with van der Waals surface area (Å²) in [5.74, 6) is 1.47. The van der Waals surface area contributed by atoms with Crippen LogP contribution in [0.2, 0.25) is 0 Å². The van der Waals surface area contributed by atoms with Gasteiger partial charge in [0.2, 0.25) is 23.6 Å². The Labute approximate surface area is 249 Å². The minimum absolute atomic E-state index is 0.139. The predicted octanol–water partition coefficient (Wildman–Crippen LogP) is 6.42. The molecule has 0 unspecified atom stereocenters. The lowest BCUT2D eigenvalue weighted by atomic mass is 10.2. The van der Waals surface area contributed by atoms with E-state index in [1.807, 2.05) is 42.5 Å². The summed E-state index contributed by atoms with van der Waals surface area (Å²) in [6.45, 7) is 0. The molecule has 44 heavy (non-hydrogen) atoms. The molecule has 0 saturated heterocycles. The van der Waals surface area contributed by atoms with Crippen molar-refractivity contribution in [2.24, 2.45) is 5.10 Å². The van der Waals surface area contributed by atoms with Crippen molar-refractivity contribution in [2.75, 3.05) is 23.2 Å². The monoisotopic (exact) mass is 593 g/mol. The first-order chi connectivity index (χ1) is 21.4. The first-order valence-electron chi connectivity index (χ1n) is 12.9. The average Bonchev–Trinajstić information content (AvgIpc) is 3.02. The number of rotatable bonds is 12. The number of nitrogens with zero attached hydrogens (tertiary/aromatic N) is 6. The van der Waals surface area contributed by atoms with Gasteiger partial charge in [-0.15, -0.1) is 0 Å². The van der Waals surface area contributed by atoms with E-state index in [1.165, 1.54) is 12.3 Å². The molecule has 15 heteroatoms. The number of nitrogens with one attached hydrogen (secondary N) is 3. The van der Waals surface area contributed by atoms with Crippen LogP contribution in [0.4, 0.5) is 40.6 Å². The van der Waals surface area contributed by atoms with Crippen LogP contribution in [0.5, 0.6) is 17.2 Å². The van der Waals surface area contributed by atoms with Crippen molar-refractivity contribution >= 4 is 46.8 Å². The summed E-state index contributed by atoms with van der Waals surface area (Å²) in [6, 6.07) is 26.3. The van der Waals surface area contributed by atoms with Crippen molar-refractivity contribution in [1.29, 1.82) is 0 Å². The molecule has 4 aromatic carbocycles. The van der Waals surface area contributed by atoms with Crippen LogP contribution in [-0.2, 0) is 0 Å². The topological polar surface area (TPSA) is 192 Å². The number of aromatic nitrogens is 3. The van der Waals surface area contributed by atoms with Gasteiger partial charge in [-0.25, -0.2) is 5.43 Å². The summed E-state index contributed by atoms with van der Waals surface area (Å²) < 4.78 is 10.9. The van der Waals surface area contributed by atoms with E-state index in [0.29, 0.717) is 11.3 Å². The Kier molecular flexibility index (Phi) is 8.76. The molecule has 0 aliphatic carbocycles. The lowest BCUT2D eigenvalue weighted by Crippen LogP contribution is -2.07. The van der Waals surface area contributed by atoms with E-state index in [0.717, 1.165) is 23.5 Å². The molecule has 0 saturated carbocycles. The van der Waals surface area contributed by atoms with E-state index in [-0.39, 0.29) is 29.3 Å². The second-order valence-corrected chi connectivity index (χ2v) is 8.86. The molecular weight excluding hydrogens is 570 g/mol. The van der Waals surface area contributed by atoms with Gasteiger partial charge in [0.1, 0.15) is 11.5 Å². The van der Waals surface area contributed by atoms with Gasteiger partial charge in [-0.3, -0.25) is 20.2 Å². The minimum atomic E-state index is -0.745. The average molecular weight is 594 g/mol. The lowest BCUT2D eigenvalue weighted by molar-refractivity contribution is -0.394. The van der Waals surface area contributed by atoms with E-state index in [1.54, 1.807) is 43.5 Å². The number of para-hydroxylation sites is 1. The zero-order chi connectivity index (χ0) is 30.9. The number of non-ortho nitro benzene ring substituents is 1. The van der Waals surface area contributed by atoms with Crippen LogP contribution >= 0.6 is 0 Å². The summed E-state index contributed by atoms with van der Waals surface area (Å²) in [5, 5.41) is 32.9. The van der Waals surface area contributed by atoms with Crippen molar-refractivity contribution < 1.29 is 19.3 Å². The molecule has 0 spiro atoms. The van der Waals surface area contributed by atoms with Gasteiger partial charge < -0.3 is 20.1 Å². The van der Waals surface area contributed by atoms with Crippen molar-refractivity contribution in [2.45, 2.75) is 0 Å². The van der Waals surface area contributed by atoms with Crippen molar-refractivity contribution in [1.82, 2.24) is 15.0 Å². The number of methoxy groups -OCH3 is 1. The molecular formula is C29H23N9O6. The van der Waals surface area contributed by atoms with Crippen LogP contribution in [0.1, 0.15) is 5.56 Å². The Morgan fingerprint density at radius 1 is 0.727 bits per heavy atom. The van der Waals surface area contributed by atoms with Crippen LogP contribution in [0.25, 0.3) is 0 Å². The Balaban J connectivity index is 1.34. The third-order valence-corrected chi connectivity index (χ3v) is 5.83. The molecule has 0 aliphatic rings. The molecule has 5 rings (SSSR count). The normalized spacial score (nSPS) is 10.7. The zero-order valence-electron chi connectivity index (χ0n) is 22.9. The van der Waals surface area contributed by atoms with Gasteiger partial charge in [0.05, 0.1) is 29.2 Å². The number of hydrogen-bond acceptors (Lipinski definition) is 13. The summed E-state index contributed by atoms with van der Waals surface area (Å²) in [7, 11) is 1.59. The Morgan fingerprint density at radius 3 is 2.07 bits per heavy atom. The fourth-order valence-corrected chi connectivity index (χ4v) is 3.79. The third kappa shape index (κ3) is 7.55. The summed E-state index contributed by atoms with van der Waals surface area (Å²) in [5.41, 5.74) is 3.91. The molecule has 0 bridgehead atoms. The fraction of sp³-hybridized carbons (Fsp3) is 0.0345. The van der Waals surface area contributed by atoms with Crippen LogP contribution in [0.15, 0.2) is 102 Å². The Morgan fingerprint density at radius 2 is 1.41 bits per heavy atom. The SMILES string of the molecule is COc1ccc(Nc2nc(N/N=C\c3cccc(Oc4ccc([N+](=O)[O-])cc4[N+](=O)[O-])c3)nc(Nc3ccccc3)n2)cc1. The smallest absolute Gasteiger partial charge is 0.318 e. The molecule has 0 fully saturated rings. The van der Waals surface area contributed by atoms with E-state index < -0.39 is 21.2 Å². The molecule has 0 radical (unpaired) electrons. The number of hydrazone groups is 1. The summed E-state index contributed by atoms with van der Waals surface area (Å²) in [6.07, 6.45) is 1.47. The quantitative estimate of drug-likeness (QED) is 0.0817. The molecule has 5 aromatic rings. The number of anilines is 5. The van der Waals surface area contributed by atoms with Crippen molar-refractivity contribution in [3.8, 4) is 17.2 Å². The highest BCUT2D eigenvalue weighted by Gasteiger charge is 2.21. The standard InChI is InChI=1S/C29H23N9O6/c1-43-23-13-10-21(11-14-23)32-28-33-27(31-20-7-3-2-4-8-20)34-29(35-28)36-30-18-19-6-5-9-24(16-19)44-26-15-12-22(37(39)40)17-25(26)38(41)42/h2-18H,1H3,(H3,31,32,33,34,35,36)/b30-18-. The molecule has 0 aliphatic heterocycles. The first-order valence-corrected chi connectivity index (χ1v) is 12.9. The van der Waals surface area contributed by atoms with Gasteiger partial charge in [-0.2, -0.15) is 20.1 Å². The fourth-order valence-electron chi connectivity index (χ4n) is 3.79. The van der Waals surface area contributed by atoms with Gasteiger partial charge in [0.25, 0.3) is 5.69 Å². The first kappa shape index (κ1) is 28.9. The maximum Gasteiger partial charge on any atom is 0.318 e. The number of benzene rings is 4. The maximum atomic E-state index is 11.5. The molecule has 0 amide bonds. The largest absolute Gasteiger partial charge is 0.497 e. The number of nitro benzene ring substituents is 2. The van der Waals surface area contributed by atoms with Crippen LogP contribution < -0.4 is 25.5 Å². The second-order valence-electron chi connectivity index (χ2n) is 8.86. The summed E-state index contributed by atoms with van der Waals surface area (Å²) >= 11 is 0. The van der Waals surface area contributed by atoms with Gasteiger partial charge in [-0.1, -0.05) is 30.3 Å².